The molecule has 0 aliphatic carbocycles. The Bertz CT molecular complexity index is 518. The predicted molar refractivity (Wildman–Crippen MR) is 87.8 cm³/mol. The number of hydrogen-bond acceptors (Lipinski definition) is 4. The van der Waals surface area contributed by atoms with Crippen molar-refractivity contribution in [3.63, 3.8) is 0 Å². The minimum Gasteiger partial charge on any atom is -0.347 e. The number of carbonyl (C=O) groups is 1. The van der Waals surface area contributed by atoms with Gasteiger partial charge in [0.15, 0.2) is 5.79 Å². The summed E-state index contributed by atoms with van der Waals surface area (Å²) in [5.41, 5.74) is 2.60. The van der Waals surface area contributed by atoms with E-state index in [0.29, 0.717) is 19.0 Å². The van der Waals surface area contributed by atoms with Gasteiger partial charge in [0.05, 0.1) is 19.0 Å². The molecule has 22 heavy (non-hydrogen) atoms. The van der Waals surface area contributed by atoms with E-state index >= 15 is 0 Å². The second-order valence-corrected chi connectivity index (χ2v) is 6.89. The molecule has 1 amide bonds. The predicted octanol–water partition coefficient (Wildman–Crippen LogP) is 2.59. The molecule has 4 nitrogen and oxygen atoms in total. The SMILES string of the molecule is Cc1ccccc1CSCC(=O)N1CCC2(CC1)OCCO2. The lowest BCUT2D eigenvalue weighted by molar-refractivity contribution is -0.186. The van der Waals surface area contributed by atoms with Crippen LogP contribution in [0.5, 0.6) is 0 Å². The third kappa shape index (κ3) is 3.65. The van der Waals surface area contributed by atoms with Gasteiger partial charge in [-0.2, -0.15) is 0 Å². The van der Waals surface area contributed by atoms with E-state index in [1.807, 2.05) is 11.0 Å². The molecule has 2 saturated heterocycles. The Kier molecular flexibility index (Phi) is 5.06. The molecule has 120 valence electrons. The fourth-order valence-electron chi connectivity index (χ4n) is 2.99. The molecule has 2 fully saturated rings. The maximum absolute atomic E-state index is 12.3. The van der Waals surface area contributed by atoms with Crippen molar-refractivity contribution in [2.75, 3.05) is 32.1 Å². The number of piperidine rings is 1. The van der Waals surface area contributed by atoms with Crippen LogP contribution in [-0.2, 0) is 20.0 Å². The molecule has 2 heterocycles. The number of rotatable bonds is 4. The molecular weight excluding hydrogens is 298 g/mol. The number of nitrogens with zero attached hydrogens (tertiary/aromatic N) is 1. The number of aryl methyl sites for hydroxylation is 1. The van der Waals surface area contributed by atoms with E-state index in [2.05, 4.69) is 25.1 Å². The Morgan fingerprint density at radius 3 is 2.59 bits per heavy atom. The number of likely N-dealkylation sites (tertiary alicyclic amines) is 1. The van der Waals surface area contributed by atoms with Crippen LogP contribution in [0.4, 0.5) is 0 Å². The normalized spacial score (nSPS) is 20.5. The van der Waals surface area contributed by atoms with Crippen LogP contribution in [0.3, 0.4) is 0 Å². The van der Waals surface area contributed by atoms with Gasteiger partial charge in [0.1, 0.15) is 0 Å². The molecule has 0 atom stereocenters. The van der Waals surface area contributed by atoms with Crippen LogP contribution in [0.1, 0.15) is 24.0 Å². The third-order valence-electron chi connectivity index (χ3n) is 4.44. The van der Waals surface area contributed by atoms with E-state index in [1.165, 1.54) is 11.1 Å². The topological polar surface area (TPSA) is 38.8 Å². The monoisotopic (exact) mass is 321 g/mol. The van der Waals surface area contributed by atoms with Crippen molar-refractivity contribution in [2.24, 2.45) is 0 Å². The molecule has 0 bridgehead atoms. The zero-order valence-electron chi connectivity index (χ0n) is 13.0. The highest BCUT2D eigenvalue weighted by Gasteiger charge is 2.40. The fourth-order valence-corrected chi connectivity index (χ4v) is 4.00. The lowest BCUT2D eigenvalue weighted by atomic mass is 10.0. The molecule has 2 aliphatic rings. The second kappa shape index (κ2) is 7.02. The van der Waals surface area contributed by atoms with Gasteiger partial charge in [0.25, 0.3) is 0 Å². The molecule has 0 radical (unpaired) electrons. The summed E-state index contributed by atoms with van der Waals surface area (Å²) in [5.74, 6) is 1.27. The first kappa shape index (κ1) is 15.8. The van der Waals surface area contributed by atoms with Crippen molar-refractivity contribution < 1.29 is 14.3 Å². The first-order chi connectivity index (χ1) is 10.7. The van der Waals surface area contributed by atoms with Gasteiger partial charge in [-0.25, -0.2) is 0 Å². The summed E-state index contributed by atoms with van der Waals surface area (Å²) in [6.07, 6.45) is 1.59. The van der Waals surface area contributed by atoms with Crippen LogP contribution in [0.2, 0.25) is 0 Å². The molecule has 3 rings (SSSR count). The zero-order chi connectivity index (χ0) is 15.4. The van der Waals surface area contributed by atoms with E-state index in [0.717, 1.165) is 31.7 Å². The highest BCUT2D eigenvalue weighted by atomic mass is 32.2. The number of carbonyl (C=O) groups excluding carboxylic acids is 1. The van der Waals surface area contributed by atoms with Crippen molar-refractivity contribution >= 4 is 17.7 Å². The third-order valence-corrected chi connectivity index (χ3v) is 5.40. The molecule has 5 heteroatoms. The zero-order valence-corrected chi connectivity index (χ0v) is 13.9. The maximum atomic E-state index is 12.3. The van der Waals surface area contributed by atoms with E-state index in [-0.39, 0.29) is 5.91 Å². The summed E-state index contributed by atoms with van der Waals surface area (Å²) in [5, 5.41) is 0. The van der Waals surface area contributed by atoms with E-state index in [9.17, 15) is 4.79 Å². The Hall–Kier alpha value is -1.04. The van der Waals surface area contributed by atoms with Crippen molar-refractivity contribution in [3.8, 4) is 0 Å². The van der Waals surface area contributed by atoms with Gasteiger partial charge in [-0.1, -0.05) is 24.3 Å². The number of benzene rings is 1. The van der Waals surface area contributed by atoms with Gasteiger partial charge in [-0.05, 0) is 18.1 Å². The summed E-state index contributed by atoms with van der Waals surface area (Å²) in [7, 11) is 0. The van der Waals surface area contributed by atoms with Gasteiger partial charge in [0.2, 0.25) is 5.91 Å². The van der Waals surface area contributed by atoms with Crippen molar-refractivity contribution in [3.05, 3.63) is 35.4 Å². The van der Waals surface area contributed by atoms with E-state index in [1.54, 1.807) is 11.8 Å². The van der Waals surface area contributed by atoms with E-state index < -0.39 is 5.79 Å². The fraction of sp³-hybridized carbons (Fsp3) is 0.588. The molecule has 0 aromatic heterocycles. The summed E-state index contributed by atoms with van der Waals surface area (Å²) < 4.78 is 11.4. The number of hydrogen-bond donors (Lipinski definition) is 0. The number of amides is 1. The Morgan fingerprint density at radius 2 is 1.91 bits per heavy atom. The maximum Gasteiger partial charge on any atom is 0.232 e. The second-order valence-electron chi connectivity index (χ2n) is 5.91. The van der Waals surface area contributed by atoms with Crippen molar-refractivity contribution in [1.82, 2.24) is 4.90 Å². The summed E-state index contributed by atoms with van der Waals surface area (Å²) >= 11 is 1.69. The first-order valence-electron chi connectivity index (χ1n) is 7.86. The number of ether oxygens (including phenoxy) is 2. The van der Waals surface area contributed by atoms with Crippen LogP contribution < -0.4 is 0 Å². The van der Waals surface area contributed by atoms with Crippen LogP contribution in [0, 0.1) is 6.92 Å². The largest absolute Gasteiger partial charge is 0.347 e. The van der Waals surface area contributed by atoms with Crippen LogP contribution in [0.15, 0.2) is 24.3 Å². The first-order valence-corrected chi connectivity index (χ1v) is 9.02. The lowest BCUT2D eigenvalue weighted by Gasteiger charge is -2.37. The molecule has 0 unspecified atom stereocenters. The molecule has 0 N–H and O–H groups in total. The number of thioether (sulfide) groups is 1. The van der Waals surface area contributed by atoms with Gasteiger partial charge < -0.3 is 14.4 Å². The van der Waals surface area contributed by atoms with E-state index in [4.69, 9.17) is 9.47 Å². The Morgan fingerprint density at radius 1 is 1.23 bits per heavy atom. The summed E-state index contributed by atoms with van der Waals surface area (Å²) in [6, 6.07) is 8.34. The minimum atomic E-state index is -0.398. The molecule has 1 aromatic rings. The smallest absolute Gasteiger partial charge is 0.232 e. The van der Waals surface area contributed by atoms with Gasteiger partial charge >= 0.3 is 0 Å². The summed E-state index contributed by atoms with van der Waals surface area (Å²) in [4.78, 5) is 14.2. The quantitative estimate of drug-likeness (QED) is 0.854. The average molecular weight is 321 g/mol. The minimum absolute atomic E-state index is 0.228. The molecule has 1 spiro atoms. The summed E-state index contributed by atoms with van der Waals surface area (Å²) in [6.45, 7) is 4.96. The molecule has 2 aliphatic heterocycles. The molecule has 0 saturated carbocycles. The average Bonchev–Trinajstić information content (AvgIpc) is 2.98. The van der Waals surface area contributed by atoms with Crippen molar-refractivity contribution in [2.45, 2.75) is 31.3 Å². The van der Waals surface area contributed by atoms with Crippen molar-refractivity contribution in [1.29, 1.82) is 0 Å². The lowest BCUT2D eigenvalue weighted by Crippen LogP contribution is -2.47. The molecular formula is C17H23NO3S. The van der Waals surface area contributed by atoms with Crippen LogP contribution in [0.25, 0.3) is 0 Å². The standard InChI is InChI=1S/C17H23NO3S/c1-14-4-2-3-5-15(14)12-22-13-16(19)18-8-6-17(7-9-18)20-10-11-21-17/h2-5H,6-13H2,1H3. The Labute approximate surface area is 136 Å². The highest BCUT2D eigenvalue weighted by Crippen LogP contribution is 2.31. The van der Waals surface area contributed by atoms with Gasteiger partial charge in [-0.3, -0.25) is 4.79 Å². The Balaban J connectivity index is 1.42. The molecule has 1 aromatic carbocycles. The highest BCUT2D eigenvalue weighted by molar-refractivity contribution is 7.99. The van der Waals surface area contributed by atoms with Gasteiger partial charge in [0, 0.05) is 31.7 Å². The van der Waals surface area contributed by atoms with Crippen LogP contribution in [-0.4, -0.2) is 48.7 Å². The van der Waals surface area contributed by atoms with Gasteiger partial charge in [-0.15, -0.1) is 11.8 Å². The van der Waals surface area contributed by atoms with Crippen LogP contribution >= 0.6 is 11.8 Å².